The van der Waals surface area contributed by atoms with Crippen LogP contribution in [0.15, 0.2) is 78.5 Å². The number of esters is 1. The molecule has 1 aromatic heterocycles. The first-order chi connectivity index (χ1) is 19.2. The summed E-state index contributed by atoms with van der Waals surface area (Å²) in [5, 5.41) is 9.27. The maximum absolute atomic E-state index is 14.1. The van der Waals surface area contributed by atoms with Gasteiger partial charge in [-0.25, -0.2) is 9.78 Å². The van der Waals surface area contributed by atoms with E-state index in [1.807, 2.05) is 6.07 Å². The van der Waals surface area contributed by atoms with Gasteiger partial charge in [-0.15, -0.1) is 0 Å². The molecule has 1 aliphatic heterocycles. The van der Waals surface area contributed by atoms with E-state index in [9.17, 15) is 32.8 Å². The van der Waals surface area contributed by atoms with Gasteiger partial charge in [0.2, 0.25) is 0 Å². The van der Waals surface area contributed by atoms with Crippen LogP contribution < -0.4 is 4.90 Å². The highest BCUT2D eigenvalue weighted by Crippen LogP contribution is 2.41. The minimum absolute atomic E-state index is 0.00766. The third-order valence-electron chi connectivity index (χ3n) is 6.22. The van der Waals surface area contributed by atoms with Crippen LogP contribution in [0.3, 0.4) is 0 Å². The Hall–Kier alpha value is -4.92. The van der Waals surface area contributed by atoms with Gasteiger partial charge in [0.15, 0.2) is 0 Å². The summed E-state index contributed by atoms with van der Waals surface area (Å²) in [6.45, 7) is 5.77. The molecule has 0 aliphatic carbocycles. The highest BCUT2D eigenvalue weighted by Gasteiger charge is 2.44. The lowest BCUT2D eigenvalue weighted by Gasteiger charge is -2.43. The molecule has 0 N–H and O–H groups in total. The molecule has 0 fully saturated rings. The Bertz CT molecular complexity index is 1550. The van der Waals surface area contributed by atoms with Gasteiger partial charge in [-0.3, -0.25) is 19.1 Å². The number of amides is 2. The van der Waals surface area contributed by atoms with Crippen LogP contribution in [0.25, 0.3) is 0 Å². The number of halogens is 3. The molecule has 3 aromatic rings. The molecule has 1 aliphatic rings. The van der Waals surface area contributed by atoms with Crippen molar-refractivity contribution < 1.29 is 32.3 Å². The van der Waals surface area contributed by atoms with E-state index in [0.717, 1.165) is 28.0 Å². The van der Waals surface area contributed by atoms with Crippen LogP contribution in [-0.2, 0) is 15.7 Å². The Kier molecular flexibility index (Phi) is 7.74. The molecule has 0 saturated carbocycles. The first kappa shape index (κ1) is 29.1. The lowest BCUT2D eigenvalue weighted by atomic mass is 9.91. The molecule has 212 valence electrons. The maximum atomic E-state index is 14.1. The van der Waals surface area contributed by atoms with E-state index < -0.39 is 47.8 Å². The topological polar surface area (TPSA) is 109 Å². The normalized spacial score (nSPS) is 16.0. The number of hydrogen-bond donors (Lipinski definition) is 0. The number of benzene rings is 2. The van der Waals surface area contributed by atoms with E-state index in [2.05, 4.69) is 4.98 Å². The molecular weight excluding hydrogens is 539 g/mol. The average Bonchev–Trinajstić information content (AvgIpc) is 3.44. The quantitative estimate of drug-likeness (QED) is 0.367. The van der Waals surface area contributed by atoms with Gasteiger partial charge in [0.1, 0.15) is 18.5 Å². The minimum Gasteiger partial charge on any atom is -0.459 e. The largest absolute Gasteiger partial charge is 0.459 e. The number of rotatable bonds is 5. The summed E-state index contributed by atoms with van der Waals surface area (Å²) >= 11 is 0. The van der Waals surface area contributed by atoms with Crippen molar-refractivity contribution in [2.75, 3.05) is 11.4 Å². The van der Waals surface area contributed by atoms with Gasteiger partial charge in [0, 0.05) is 18.1 Å². The molecule has 1 unspecified atom stereocenters. The zero-order valence-electron chi connectivity index (χ0n) is 22.6. The summed E-state index contributed by atoms with van der Waals surface area (Å²) < 4.78 is 47.4. The number of alkyl halides is 3. The second kappa shape index (κ2) is 10.9. The smallest absolute Gasteiger partial charge is 0.416 e. The molecule has 4 rings (SSSR count). The Morgan fingerprint density at radius 2 is 1.78 bits per heavy atom. The molecule has 0 bridgehead atoms. The number of nitrogens with zero attached hydrogens (tertiary/aromatic N) is 5. The summed E-state index contributed by atoms with van der Waals surface area (Å²) in [5.74, 6) is -1.41. The Morgan fingerprint density at radius 1 is 1.10 bits per heavy atom. The van der Waals surface area contributed by atoms with Gasteiger partial charge in [0.25, 0.3) is 5.91 Å². The second-order valence-corrected chi connectivity index (χ2v) is 10.3. The van der Waals surface area contributed by atoms with Crippen molar-refractivity contribution in [3.63, 3.8) is 0 Å². The lowest BCUT2D eigenvalue weighted by molar-refractivity contribution is -0.155. The van der Waals surface area contributed by atoms with Crippen molar-refractivity contribution in [2.45, 2.75) is 45.5 Å². The van der Waals surface area contributed by atoms with Crippen LogP contribution in [0.4, 0.5) is 23.7 Å². The molecule has 2 heterocycles. The lowest BCUT2D eigenvalue weighted by Crippen LogP contribution is -2.53. The number of carbonyl (C=O) groups excluding carboxylic acids is 3. The Balaban J connectivity index is 1.97. The molecule has 1 atom stereocenters. The number of hydrogen-bond acceptors (Lipinski definition) is 6. The average molecular weight is 566 g/mol. The highest BCUT2D eigenvalue weighted by molar-refractivity contribution is 6.06. The molecule has 0 radical (unpaired) electrons. The number of anilines is 1. The number of imidazole rings is 1. The molecule has 2 aromatic carbocycles. The van der Waals surface area contributed by atoms with E-state index in [1.165, 1.54) is 48.4 Å². The van der Waals surface area contributed by atoms with E-state index in [4.69, 9.17) is 4.74 Å². The third kappa shape index (κ3) is 6.14. The molecule has 12 heteroatoms. The highest BCUT2D eigenvalue weighted by atomic mass is 19.4. The first-order valence-electron chi connectivity index (χ1n) is 12.4. The molecule has 2 amide bonds. The van der Waals surface area contributed by atoms with Gasteiger partial charge in [-0.1, -0.05) is 18.2 Å². The van der Waals surface area contributed by atoms with Gasteiger partial charge < -0.3 is 9.64 Å². The Morgan fingerprint density at radius 3 is 2.34 bits per heavy atom. The van der Waals surface area contributed by atoms with Gasteiger partial charge in [-0.2, -0.15) is 18.4 Å². The number of ether oxygens (including phenoxy) is 1. The molecule has 0 spiro atoms. The minimum atomic E-state index is -4.69. The second-order valence-electron chi connectivity index (χ2n) is 10.3. The van der Waals surface area contributed by atoms with Crippen LogP contribution >= 0.6 is 0 Å². The van der Waals surface area contributed by atoms with Crippen LogP contribution in [0.1, 0.15) is 55.2 Å². The van der Waals surface area contributed by atoms with Crippen LogP contribution in [0, 0.1) is 11.3 Å². The monoisotopic (exact) mass is 565 g/mol. The fourth-order valence-electron chi connectivity index (χ4n) is 4.53. The van der Waals surface area contributed by atoms with Crippen molar-refractivity contribution in [1.82, 2.24) is 14.5 Å². The van der Waals surface area contributed by atoms with Crippen molar-refractivity contribution in [3.8, 4) is 6.07 Å². The van der Waals surface area contributed by atoms with E-state index >= 15 is 0 Å². The zero-order valence-corrected chi connectivity index (χ0v) is 22.6. The predicted molar refractivity (Wildman–Crippen MR) is 141 cm³/mol. The fraction of sp³-hybridized carbons (Fsp3) is 0.276. The van der Waals surface area contributed by atoms with Gasteiger partial charge in [0.05, 0.1) is 34.5 Å². The van der Waals surface area contributed by atoms with E-state index in [-0.39, 0.29) is 17.0 Å². The Labute approximate surface area is 234 Å². The van der Waals surface area contributed by atoms with Gasteiger partial charge in [-0.05, 0) is 63.6 Å². The SMILES string of the molecule is CC1=C(C(=O)n2ccnc2)C(c2ccc(C#N)cc2)N(CC(=O)OC(C)(C)C)C(=O)N1c1cccc(C(F)(F)F)c1. The number of urea groups is 1. The number of nitriles is 1. The summed E-state index contributed by atoms with van der Waals surface area (Å²) in [7, 11) is 0. The predicted octanol–water partition coefficient (Wildman–Crippen LogP) is 5.71. The van der Waals surface area contributed by atoms with E-state index in [0.29, 0.717) is 11.1 Å². The summed E-state index contributed by atoms with van der Waals surface area (Å²) in [6, 6.07) is 10.2. The van der Waals surface area contributed by atoms with Crippen molar-refractivity contribution >= 4 is 23.6 Å². The number of aromatic nitrogens is 2. The van der Waals surface area contributed by atoms with Crippen LogP contribution in [0.5, 0.6) is 0 Å². The summed E-state index contributed by atoms with van der Waals surface area (Å²) in [6.07, 6.45) is -0.673. The van der Waals surface area contributed by atoms with Crippen molar-refractivity contribution in [2.24, 2.45) is 0 Å². The zero-order chi connectivity index (χ0) is 30.1. The number of allylic oxidation sites excluding steroid dienone is 1. The number of carbonyl (C=O) groups is 3. The first-order valence-corrected chi connectivity index (χ1v) is 12.4. The summed E-state index contributed by atoms with van der Waals surface area (Å²) in [5.41, 5.74) is -1.26. The van der Waals surface area contributed by atoms with Crippen LogP contribution in [-0.4, -0.2) is 44.5 Å². The third-order valence-corrected chi connectivity index (χ3v) is 6.22. The molecule has 9 nitrogen and oxygen atoms in total. The molecule has 41 heavy (non-hydrogen) atoms. The standard InChI is InChI=1S/C29H26F3N5O4/c1-18-24(26(39)35-13-12-34-17-35)25(20-10-8-19(15-33)9-11-20)36(16-23(38)41-28(2,3)4)27(40)37(18)22-7-5-6-21(14-22)29(30,31)32/h5-14,17,25H,16H2,1-4H3. The van der Waals surface area contributed by atoms with Crippen LogP contribution in [0.2, 0.25) is 0 Å². The van der Waals surface area contributed by atoms with Gasteiger partial charge >= 0.3 is 18.2 Å². The maximum Gasteiger partial charge on any atom is 0.416 e. The van der Waals surface area contributed by atoms with E-state index in [1.54, 1.807) is 32.9 Å². The fourth-order valence-corrected chi connectivity index (χ4v) is 4.53. The molecule has 0 saturated heterocycles. The van der Waals surface area contributed by atoms with Crippen molar-refractivity contribution in [1.29, 1.82) is 5.26 Å². The molecular formula is C29H26F3N5O4. The van der Waals surface area contributed by atoms with Crippen molar-refractivity contribution in [3.05, 3.63) is 95.2 Å². The summed E-state index contributed by atoms with van der Waals surface area (Å²) in [4.78, 5) is 47.0.